The molecule has 1 saturated carbocycles. The van der Waals surface area contributed by atoms with E-state index in [1.54, 1.807) is 37.4 Å². The zero-order valence-electron chi connectivity index (χ0n) is 14.8. The Morgan fingerprint density at radius 2 is 1.81 bits per heavy atom. The fourth-order valence-corrected chi connectivity index (χ4v) is 3.28. The summed E-state index contributed by atoms with van der Waals surface area (Å²) in [7, 11) is 3.05. The van der Waals surface area contributed by atoms with Crippen LogP contribution in [0.4, 0.5) is 10.1 Å². The molecule has 0 bridgehead atoms. The summed E-state index contributed by atoms with van der Waals surface area (Å²) in [5.41, 5.74) is 0.978. The fraction of sp³-hybridized carbons (Fsp3) is 0.300. The first-order valence-corrected chi connectivity index (χ1v) is 8.48. The van der Waals surface area contributed by atoms with Crippen LogP contribution in [0, 0.1) is 5.82 Å². The van der Waals surface area contributed by atoms with Gasteiger partial charge in [-0.25, -0.2) is 4.39 Å². The van der Waals surface area contributed by atoms with Crippen molar-refractivity contribution in [2.75, 3.05) is 19.5 Å². The van der Waals surface area contributed by atoms with Gasteiger partial charge in [0.2, 0.25) is 5.91 Å². The first-order valence-electron chi connectivity index (χ1n) is 8.48. The van der Waals surface area contributed by atoms with Crippen molar-refractivity contribution in [3.63, 3.8) is 0 Å². The van der Waals surface area contributed by atoms with Crippen LogP contribution in [-0.2, 0) is 10.2 Å². The van der Waals surface area contributed by atoms with Crippen molar-refractivity contribution >= 4 is 17.5 Å². The molecule has 1 fully saturated rings. The topological polar surface area (TPSA) is 67.4 Å². The molecular weight excluding hydrogens is 335 g/mol. The van der Waals surface area contributed by atoms with Crippen molar-refractivity contribution in [1.82, 2.24) is 5.32 Å². The Hall–Kier alpha value is -2.89. The van der Waals surface area contributed by atoms with Crippen LogP contribution in [-0.4, -0.2) is 26.0 Å². The summed E-state index contributed by atoms with van der Waals surface area (Å²) < 4.78 is 18.5. The summed E-state index contributed by atoms with van der Waals surface area (Å²) in [5.74, 6) is -0.286. The minimum absolute atomic E-state index is 0.178. The van der Waals surface area contributed by atoms with E-state index in [1.807, 2.05) is 0 Å². The molecule has 1 aliphatic rings. The number of halogens is 1. The molecule has 0 aromatic heterocycles. The van der Waals surface area contributed by atoms with Crippen LogP contribution in [0.2, 0.25) is 0 Å². The highest BCUT2D eigenvalue weighted by molar-refractivity contribution is 6.02. The zero-order valence-corrected chi connectivity index (χ0v) is 14.8. The molecule has 3 rings (SSSR count). The lowest BCUT2D eigenvalue weighted by molar-refractivity contribution is -0.124. The standard InChI is InChI=1S/C20H21FN2O3/c1-22-18(24)13-4-9-17(26-2)16(12-13)23-19(25)20(10-3-11-20)14-5-7-15(21)8-6-14/h4-9,12H,3,10-11H2,1-2H3,(H,22,24)(H,23,25). The van der Waals surface area contributed by atoms with Crippen molar-refractivity contribution in [1.29, 1.82) is 0 Å². The van der Waals surface area contributed by atoms with Crippen LogP contribution < -0.4 is 15.4 Å². The highest BCUT2D eigenvalue weighted by Gasteiger charge is 2.45. The lowest BCUT2D eigenvalue weighted by atomic mass is 9.63. The van der Waals surface area contributed by atoms with Crippen LogP contribution in [0.15, 0.2) is 42.5 Å². The molecule has 5 nitrogen and oxygen atoms in total. The number of benzene rings is 2. The van der Waals surface area contributed by atoms with Gasteiger partial charge in [-0.1, -0.05) is 18.6 Å². The van der Waals surface area contributed by atoms with Gasteiger partial charge in [0.25, 0.3) is 5.91 Å². The first-order chi connectivity index (χ1) is 12.5. The van der Waals surface area contributed by atoms with Gasteiger partial charge in [0.1, 0.15) is 11.6 Å². The molecule has 2 amide bonds. The van der Waals surface area contributed by atoms with E-state index < -0.39 is 5.41 Å². The Balaban J connectivity index is 1.91. The number of methoxy groups -OCH3 is 1. The maximum Gasteiger partial charge on any atom is 0.251 e. The number of rotatable bonds is 5. The minimum atomic E-state index is -0.679. The van der Waals surface area contributed by atoms with Gasteiger partial charge in [-0.15, -0.1) is 0 Å². The van der Waals surface area contributed by atoms with E-state index in [4.69, 9.17) is 4.74 Å². The van der Waals surface area contributed by atoms with Crippen LogP contribution in [0.5, 0.6) is 5.75 Å². The van der Waals surface area contributed by atoms with Gasteiger partial charge in [0.05, 0.1) is 18.2 Å². The Labute approximate surface area is 151 Å². The van der Waals surface area contributed by atoms with Crippen molar-refractivity contribution in [3.05, 3.63) is 59.4 Å². The highest BCUT2D eigenvalue weighted by Crippen LogP contribution is 2.45. The predicted molar refractivity (Wildman–Crippen MR) is 96.9 cm³/mol. The molecule has 2 N–H and O–H groups in total. The van der Waals surface area contributed by atoms with Crippen molar-refractivity contribution in [3.8, 4) is 5.75 Å². The second-order valence-electron chi connectivity index (χ2n) is 6.39. The molecule has 136 valence electrons. The molecule has 2 aromatic carbocycles. The van der Waals surface area contributed by atoms with Gasteiger partial charge >= 0.3 is 0 Å². The Kier molecular flexibility index (Phi) is 4.93. The van der Waals surface area contributed by atoms with Gasteiger partial charge < -0.3 is 15.4 Å². The van der Waals surface area contributed by atoms with E-state index in [0.717, 1.165) is 12.0 Å². The Morgan fingerprint density at radius 3 is 2.35 bits per heavy atom. The molecule has 2 aromatic rings. The monoisotopic (exact) mass is 356 g/mol. The predicted octanol–water partition coefficient (Wildman–Crippen LogP) is 3.25. The van der Waals surface area contributed by atoms with Crippen molar-refractivity contribution in [2.45, 2.75) is 24.7 Å². The third-order valence-electron chi connectivity index (χ3n) is 4.98. The number of anilines is 1. The van der Waals surface area contributed by atoms with Gasteiger partial charge in [0, 0.05) is 12.6 Å². The molecular formula is C20H21FN2O3. The minimum Gasteiger partial charge on any atom is -0.495 e. The number of nitrogens with one attached hydrogen (secondary N) is 2. The summed E-state index contributed by atoms with van der Waals surface area (Å²) in [6.07, 6.45) is 2.32. The molecule has 0 aliphatic heterocycles. The number of hydrogen-bond donors (Lipinski definition) is 2. The van der Waals surface area contributed by atoms with Gasteiger partial charge in [-0.05, 0) is 48.7 Å². The van der Waals surface area contributed by atoms with E-state index in [1.165, 1.54) is 19.2 Å². The number of carbonyl (C=O) groups is 2. The van der Waals surface area contributed by atoms with E-state index in [-0.39, 0.29) is 17.6 Å². The maximum absolute atomic E-state index is 13.2. The molecule has 0 radical (unpaired) electrons. The SMILES string of the molecule is CNC(=O)c1ccc(OC)c(NC(=O)C2(c3ccc(F)cc3)CCC2)c1. The smallest absolute Gasteiger partial charge is 0.251 e. The van der Waals surface area contributed by atoms with Gasteiger partial charge in [-0.3, -0.25) is 9.59 Å². The third kappa shape index (κ3) is 3.14. The van der Waals surface area contributed by atoms with Gasteiger partial charge in [-0.2, -0.15) is 0 Å². The van der Waals surface area contributed by atoms with E-state index in [0.29, 0.717) is 29.8 Å². The average molecular weight is 356 g/mol. The molecule has 0 unspecified atom stereocenters. The average Bonchev–Trinajstić information content (AvgIpc) is 2.61. The molecule has 0 heterocycles. The lowest BCUT2D eigenvalue weighted by Gasteiger charge is -2.40. The van der Waals surface area contributed by atoms with Crippen LogP contribution in [0.3, 0.4) is 0 Å². The lowest BCUT2D eigenvalue weighted by Crippen LogP contribution is -2.46. The molecule has 6 heteroatoms. The molecule has 0 spiro atoms. The molecule has 0 atom stereocenters. The highest BCUT2D eigenvalue weighted by atomic mass is 19.1. The summed E-state index contributed by atoms with van der Waals surface area (Å²) in [4.78, 5) is 24.9. The van der Waals surface area contributed by atoms with E-state index in [9.17, 15) is 14.0 Å². The quantitative estimate of drug-likeness (QED) is 0.864. The molecule has 26 heavy (non-hydrogen) atoms. The summed E-state index contributed by atoms with van der Waals surface area (Å²) in [6.45, 7) is 0. The summed E-state index contributed by atoms with van der Waals surface area (Å²) >= 11 is 0. The molecule has 0 saturated heterocycles. The number of hydrogen-bond acceptors (Lipinski definition) is 3. The van der Waals surface area contributed by atoms with Crippen LogP contribution >= 0.6 is 0 Å². The zero-order chi connectivity index (χ0) is 18.7. The van der Waals surface area contributed by atoms with Crippen molar-refractivity contribution in [2.24, 2.45) is 0 Å². The van der Waals surface area contributed by atoms with Crippen LogP contribution in [0.1, 0.15) is 35.2 Å². The summed E-state index contributed by atoms with van der Waals surface area (Å²) in [6, 6.07) is 10.9. The van der Waals surface area contributed by atoms with E-state index >= 15 is 0 Å². The molecule has 1 aliphatic carbocycles. The van der Waals surface area contributed by atoms with Crippen molar-refractivity contribution < 1.29 is 18.7 Å². The number of ether oxygens (including phenoxy) is 1. The van der Waals surface area contributed by atoms with E-state index in [2.05, 4.69) is 10.6 Å². The van der Waals surface area contributed by atoms with Crippen LogP contribution in [0.25, 0.3) is 0 Å². The van der Waals surface area contributed by atoms with Gasteiger partial charge in [0.15, 0.2) is 0 Å². The number of amides is 2. The maximum atomic E-state index is 13.2. The Bertz CT molecular complexity index is 829. The fourth-order valence-electron chi connectivity index (χ4n) is 3.28. The number of carbonyl (C=O) groups excluding carboxylic acids is 2. The second kappa shape index (κ2) is 7.15. The first kappa shape index (κ1) is 17.9. The Morgan fingerprint density at radius 1 is 1.12 bits per heavy atom. The normalized spacial score (nSPS) is 14.9. The largest absolute Gasteiger partial charge is 0.495 e. The summed E-state index contributed by atoms with van der Waals surface area (Å²) in [5, 5.41) is 5.45. The third-order valence-corrected chi connectivity index (χ3v) is 4.98. The second-order valence-corrected chi connectivity index (χ2v) is 6.39.